The van der Waals surface area contributed by atoms with Crippen molar-refractivity contribution in [3.05, 3.63) is 17.0 Å². The summed E-state index contributed by atoms with van der Waals surface area (Å²) in [6.45, 7) is 7.94. The fourth-order valence-electron chi connectivity index (χ4n) is 2.23. The van der Waals surface area contributed by atoms with Gasteiger partial charge in [0.05, 0.1) is 5.69 Å². The summed E-state index contributed by atoms with van der Waals surface area (Å²) in [4.78, 5) is 11.8. The molecule has 0 aliphatic rings. The van der Waals surface area contributed by atoms with Gasteiger partial charge < -0.3 is 15.7 Å². The number of aryl methyl sites for hydroxylation is 2. The maximum Gasteiger partial charge on any atom is 0.315 e. The molecule has 2 atom stereocenters. The third kappa shape index (κ3) is 4.52. The minimum absolute atomic E-state index is 0.0259. The van der Waals surface area contributed by atoms with Gasteiger partial charge in [0.15, 0.2) is 0 Å². The van der Waals surface area contributed by atoms with Crippen LogP contribution >= 0.6 is 0 Å². The molecule has 20 heavy (non-hydrogen) atoms. The summed E-state index contributed by atoms with van der Waals surface area (Å²) >= 11 is 0. The number of nitrogens with one attached hydrogen (secondary N) is 2. The number of rotatable bonds is 6. The highest BCUT2D eigenvalue weighted by atomic mass is 16.3. The monoisotopic (exact) mass is 282 g/mol. The van der Waals surface area contributed by atoms with Crippen molar-refractivity contribution in [1.82, 2.24) is 20.4 Å². The van der Waals surface area contributed by atoms with Crippen molar-refractivity contribution in [3.8, 4) is 0 Å². The van der Waals surface area contributed by atoms with E-state index in [1.165, 1.54) is 5.56 Å². The van der Waals surface area contributed by atoms with Crippen molar-refractivity contribution in [2.24, 2.45) is 7.05 Å². The molecule has 2 amide bonds. The number of hydrogen-bond acceptors (Lipinski definition) is 3. The van der Waals surface area contributed by atoms with Crippen LogP contribution in [0.25, 0.3) is 0 Å². The Balaban J connectivity index is 2.51. The molecule has 0 saturated heterocycles. The Morgan fingerprint density at radius 2 is 1.90 bits per heavy atom. The number of aromatic nitrogens is 2. The highest BCUT2D eigenvalue weighted by Crippen LogP contribution is 2.14. The van der Waals surface area contributed by atoms with Crippen molar-refractivity contribution in [3.63, 3.8) is 0 Å². The van der Waals surface area contributed by atoms with Gasteiger partial charge in [-0.05, 0) is 46.1 Å². The van der Waals surface area contributed by atoms with Gasteiger partial charge in [-0.3, -0.25) is 4.68 Å². The maximum absolute atomic E-state index is 11.8. The molecule has 0 bridgehead atoms. The van der Waals surface area contributed by atoms with Gasteiger partial charge in [0.2, 0.25) is 0 Å². The third-order valence-electron chi connectivity index (χ3n) is 3.49. The van der Waals surface area contributed by atoms with Crippen molar-refractivity contribution < 1.29 is 9.90 Å². The number of aliphatic hydroxyl groups excluding tert-OH is 1. The zero-order chi connectivity index (χ0) is 15.3. The van der Waals surface area contributed by atoms with Gasteiger partial charge in [-0.15, -0.1) is 0 Å². The first-order valence-electron chi connectivity index (χ1n) is 7.02. The van der Waals surface area contributed by atoms with E-state index >= 15 is 0 Å². The molecule has 1 rings (SSSR count). The van der Waals surface area contributed by atoms with Crippen LogP contribution in [-0.4, -0.2) is 39.6 Å². The molecule has 0 spiro atoms. The topological polar surface area (TPSA) is 79.2 Å². The fourth-order valence-corrected chi connectivity index (χ4v) is 2.23. The number of amides is 2. The maximum atomic E-state index is 11.8. The Kier molecular flexibility index (Phi) is 6.01. The first kappa shape index (κ1) is 16.5. The summed E-state index contributed by atoms with van der Waals surface area (Å²) in [6, 6.07) is -0.204. The predicted octanol–water partition coefficient (Wildman–Crippen LogP) is 1.04. The van der Waals surface area contributed by atoms with Gasteiger partial charge in [-0.2, -0.15) is 5.10 Å². The van der Waals surface area contributed by atoms with Crippen molar-refractivity contribution in [2.75, 3.05) is 6.61 Å². The van der Waals surface area contributed by atoms with Crippen LogP contribution in [0.4, 0.5) is 4.79 Å². The molecule has 6 heteroatoms. The van der Waals surface area contributed by atoms with E-state index in [0.29, 0.717) is 6.42 Å². The van der Waals surface area contributed by atoms with E-state index in [2.05, 4.69) is 15.7 Å². The molecule has 0 aromatic carbocycles. The molecule has 3 N–H and O–H groups in total. The number of urea groups is 1. The molecular weight excluding hydrogens is 256 g/mol. The molecule has 0 aliphatic carbocycles. The first-order valence-corrected chi connectivity index (χ1v) is 7.02. The van der Waals surface area contributed by atoms with Crippen LogP contribution in [0.3, 0.4) is 0 Å². The van der Waals surface area contributed by atoms with Gasteiger partial charge in [0.25, 0.3) is 0 Å². The summed E-state index contributed by atoms with van der Waals surface area (Å²) in [5, 5.41) is 18.9. The molecule has 0 fully saturated rings. The van der Waals surface area contributed by atoms with E-state index in [9.17, 15) is 4.79 Å². The van der Waals surface area contributed by atoms with E-state index in [4.69, 9.17) is 5.11 Å². The fraction of sp³-hybridized carbons (Fsp3) is 0.714. The van der Waals surface area contributed by atoms with E-state index in [0.717, 1.165) is 17.8 Å². The molecule has 1 heterocycles. The molecule has 0 radical (unpaired) electrons. The van der Waals surface area contributed by atoms with Crippen LogP contribution in [0.1, 0.15) is 37.2 Å². The zero-order valence-electron chi connectivity index (χ0n) is 13.0. The Hall–Kier alpha value is -1.56. The van der Waals surface area contributed by atoms with Gasteiger partial charge in [0.1, 0.15) is 0 Å². The van der Waals surface area contributed by atoms with Crippen molar-refractivity contribution in [2.45, 2.75) is 52.6 Å². The lowest BCUT2D eigenvalue weighted by atomic mass is 10.1. The van der Waals surface area contributed by atoms with Crippen LogP contribution in [0.5, 0.6) is 0 Å². The van der Waals surface area contributed by atoms with E-state index < -0.39 is 0 Å². The van der Waals surface area contributed by atoms with Crippen LogP contribution in [-0.2, 0) is 13.5 Å². The van der Waals surface area contributed by atoms with Crippen LogP contribution in [0.2, 0.25) is 0 Å². The van der Waals surface area contributed by atoms with Crippen molar-refractivity contribution >= 4 is 6.03 Å². The Labute approximate surface area is 120 Å². The SMILES string of the molecule is Cc1nn(C)c(C)c1CC(C)NC(=O)N[C@H](C)CCO. The quantitative estimate of drug-likeness (QED) is 0.729. The lowest BCUT2D eigenvalue weighted by Crippen LogP contribution is -2.45. The highest BCUT2D eigenvalue weighted by Gasteiger charge is 2.15. The first-order chi connectivity index (χ1) is 9.35. The van der Waals surface area contributed by atoms with Crippen LogP contribution < -0.4 is 10.6 Å². The number of carbonyl (C=O) groups excluding carboxylic acids is 1. The Morgan fingerprint density at radius 1 is 1.30 bits per heavy atom. The predicted molar refractivity (Wildman–Crippen MR) is 78.7 cm³/mol. The number of hydrogen-bond donors (Lipinski definition) is 3. The summed E-state index contributed by atoms with van der Waals surface area (Å²) in [5.41, 5.74) is 3.32. The summed E-state index contributed by atoms with van der Waals surface area (Å²) in [5.74, 6) is 0. The Morgan fingerprint density at radius 3 is 2.40 bits per heavy atom. The normalized spacial score (nSPS) is 13.9. The van der Waals surface area contributed by atoms with Crippen LogP contribution in [0, 0.1) is 13.8 Å². The average Bonchev–Trinajstić information content (AvgIpc) is 2.55. The van der Waals surface area contributed by atoms with Crippen molar-refractivity contribution in [1.29, 1.82) is 0 Å². The second-order valence-corrected chi connectivity index (χ2v) is 5.41. The van der Waals surface area contributed by atoms with E-state index in [1.54, 1.807) is 0 Å². The largest absolute Gasteiger partial charge is 0.396 e. The molecule has 1 aromatic heterocycles. The average molecular weight is 282 g/mol. The standard InChI is InChI=1S/C14H26N4O2/c1-9(6-7-19)15-14(20)16-10(2)8-13-11(3)17-18(5)12(13)4/h9-10,19H,6-8H2,1-5H3,(H2,15,16,20)/t9-,10?/m1/s1. The van der Waals surface area contributed by atoms with Crippen LogP contribution in [0.15, 0.2) is 0 Å². The van der Waals surface area contributed by atoms with Gasteiger partial charge in [-0.1, -0.05) is 0 Å². The lowest BCUT2D eigenvalue weighted by molar-refractivity contribution is 0.228. The van der Waals surface area contributed by atoms with E-state index in [-0.39, 0.29) is 24.7 Å². The number of aliphatic hydroxyl groups is 1. The molecular formula is C14H26N4O2. The highest BCUT2D eigenvalue weighted by molar-refractivity contribution is 5.74. The molecule has 1 aromatic rings. The number of carbonyl (C=O) groups is 1. The molecule has 0 aliphatic heterocycles. The van der Waals surface area contributed by atoms with Gasteiger partial charge in [-0.25, -0.2) is 4.79 Å². The second kappa shape index (κ2) is 7.28. The lowest BCUT2D eigenvalue weighted by Gasteiger charge is -2.18. The van der Waals surface area contributed by atoms with E-state index in [1.807, 2.05) is 39.4 Å². The Bertz CT molecular complexity index is 456. The molecule has 1 unspecified atom stereocenters. The summed E-state index contributed by atoms with van der Waals surface area (Å²) in [6.07, 6.45) is 1.32. The third-order valence-corrected chi connectivity index (χ3v) is 3.49. The zero-order valence-corrected chi connectivity index (χ0v) is 13.0. The smallest absolute Gasteiger partial charge is 0.315 e. The summed E-state index contributed by atoms with van der Waals surface area (Å²) in [7, 11) is 1.92. The van der Waals surface area contributed by atoms with Gasteiger partial charge >= 0.3 is 6.03 Å². The molecule has 114 valence electrons. The molecule has 0 saturated carbocycles. The number of nitrogens with zero attached hydrogens (tertiary/aromatic N) is 2. The minimum Gasteiger partial charge on any atom is -0.396 e. The minimum atomic E-state index is -0.197. The van der Waals surface area contributed by atoms with Gasteiger partial charge in [0, 0.05) is 31.4 Å². The summed E-state index contributed by atoms with van der Waals surface area (Å²) < 4.78 is 1.86. The second-order valence-electron chi connectivity index (χ2n) is 5.41. The molecule has 6 nitrogen and oxygen atoms in total.